The lowest BCUT2D eigenvalue weighted by Gasteiger charge is -2.09. The monoisotopic (exact) mass is 273 g/mol. The van der Waals surface area contributed by atoms with Crippen molar-refractivity contribution < 1.29 is 22.7 Å². The van der Waals surface area contributed by atoms with Crippen LogP contribution >= 0.6 is 0 Å². The minimum absolute atomic E-state index is 0.116. The molecule has 18 heavy (non-hydrogen) atoms. The van der Waals surface area contributed by atoms with E-state index in [0.29, 0.717) is 0 Å². The smallest absolute Gasteiger partial charge is 0.341 e. The van der Waals surface area contributed by atoms with Gasteiger partial charge in [-0.2, -0.15) is 0 Å². The van der Waals surface area contributed by atoms with Gasteiger partial charge in [-0.1, -0.05) is 12.1 Å². The number of hydrogen-bond acceptors (Lipinski definition) is 5. The number of nitrogens with two attached hydrogens (primary N) is 1. The highest BCUT2D eigenvalue weighted by molar-refractivity contribution is 7.89. The molecule has 100 valence electrons. The molecule has 0 saturated carbocycles. The van der Waals surface area contributed by atoms with Gasteiger partial charge in [0.25, 0.3) is 0 Å². The normalized spacial score (nSPS) is 11.0. The summed E-state index contributed by atoms with van der Waals surface area (Å²) in [5.74, 6) is -0.548. The van der Waals surface area contributed by atoms with Crippen molar-refractivity contribution in [1.82, 2.24) is 0 Å². The van der Waals surface area contributed by atoms with Crippen molar-refractivity contribution in [2.45, 2.75) is 6.92 Å². The SMILES string of the molecule is CCOC(=O)c1ccccc1OCCS(N)(=O)=O. The number of esters is 1. The number of ether oxygens (including phenoxy) is 2. The van der Waals surface area contributed by atoms with Crippen molar-refractivity contribution in [1.29, 1.82) is 0 Å². The molecule has 1 rings (SSSR count). The molecular formula is C11H15NO5S. The summed E-state index contributed by atoms with van der Waals surface area (Å²) in [6.07, 6.45) is 0. The van der Waals surface area contributed by atoms with E-state index in [9.17, 15) is 13.2 Å². The molecule has 0 amide bonds. The van der Waals surface area contributed by atoms with E-state index in [1.165, 1.54) is 0 Å². The van der Waals surface area contributed by atoms with Gasteiger partial charge in [-0.05, 0) is 19.1 Å². The molecule has 0 spiro atoms. The minimum atomic E-state index is -3.58. The van der Waals surface area contributed by atoms with Crippen molar-refractivity contribution in [2.24, 2.45) is 5.14 Å². The average Bonchev–Trinajstić information content (AvgIpc) is 2.28. The van der Waals surface area contributed by atoms with Crippen LogP contribution in [0.5, 0.6) is 5.75 Å². The number of primary sulfonamides is 1. The molecule has 0 bridgehead atoms. The number of carbonyl (C=O) groups excluding carboxylic acids is 1. The van der Waals surface area contributed by atoms with Crippen LogP contribution in [0.25, 0.3) is 0 Å². The third-order valence-corrected chi connectivity index (χ3v) is 2.74. The molecule has 0 aliphatic rings. The zero-order valence-corrected chi connectivity index (χ0v) is 10.8. The minimum Gasteiger partial charge on any atom is -0.492 e. The van der Waals surface area contributed by atoms with E-state index in [4.69, 9.17) is 14.6 Å². The Kier molecular flexibility index (Phi) is 5.11. The maximum absolute atomic E-state index is 11.6. The van der Waals surface area contributed by atoms with E-state index < -0.39 is 16.0 Å². The van der Waals surface area contributed by atoms with Crippen LogP contribution in [0.2, 0.25) is 0 Å². The molecule has 0 unspecified atom stereocenters. The number of benzene rings is 1. The van der Waals surface area contributed by atoms with Gasteiger partial charge in [-0.15, -0.1) is 0 Å². The maximum Gasteiger partial charge on any atom is 0.341 e. The van der Waals surface area contributed by atoms with Gasteiger partial charge in [-0.25, -0.2) is 18.4 Å². The highest BCUT2D eigenvalue weighted by Gasteiger charge is 2.13. The first-order valence-electron chi connectivity index (χ1n) is 5.33. The first-order chi connectivity index (χ1) is 8.44. The van der Waals surface area contributed by atoms with Crippen LogP contribution in [0.4, 0.5) is 0 Å². The molecule has 1 aromatic rings. The zero-order chi connectivity index (χ0) is 13.6. The number of hydrogen-bond donors (Lipinski definition) is 1. The van der Waals surface area contributed by atoms with Crippen LogP contribution in [-0.4, -0.2) is 33.4 Å². The first kappa shape index (κ1) is 14.5. The molecule has 0 aliphatic heterocycles. The molecule has 0 aliphatic carbocycles. The van der Waals surface area contributed by atoms with Crippen LogP contribution in [0, 0.1) is 0 Å². The second-order valence-corrected chi connectivity index (χ2v) is 5.17. The average molecular weight is 273 g/mol. The maximum atomic E-state index is 11.6. The highest BCUT2D eigenvalue weighted by Crippen LogP contribution is 2.18. The quantitative estimate of drug-likeness (QED) is 0.763. The summed E-state index contributed by atoms with van der Waals surface area (Å²) >= 11 is 0. The second kappa shape index (κ2) is 6.36. The Bertz CT molecular complexity index is 512. The van der Waals surface area contributed by atoms with Crippen LogP contribution in [0.3, 0.4) is 0 Å². The van der Waals surface area contributed by atoms with E-state index in [-0.39, 0.29) is 30.3 Å². The molecular weight excluding hydrogens is 258 g/mol. The van der Waals surface area contributed by atoms with Gasteiger partial charge in [0.05, 0.1) is 12.4 Å². The number of sulfonamides is 1. The van der Waals surface area contributed by atoms with E-state index in [1.807, 2.05) is 0 Å². The Labute approximate surface area is 106 Å². The van der Waals surface area contributed by atoms with Crippen LogP contribution in [0.1, 0.15) is 17.3 Å². The molecule has 0 atom stereocenters. The van der Waals surface area contributed by atoms with Gasteiger partial charge in [0.15, 0.2) is 0 Å². The first-order valence-corrected chi connectivity index (χ1v) is 7.05. The Morgan fingerprint density at radius 3 is 2.61 bits per heavy atom. The lowest BCUT2D eigenvalue weighted by atomic mass is 10.2. The molecule has 1 aromatic carbocycles. The molecule has 2 N–H and O–H groups in total. The standard InChI is InChI=1S/C11H15NO5S/c1-2-16-11(13)9-5-3-4-6-10(9)17-7-8-18(12,14)15/h3-6H,2,7-8H2,1H3,(H2,12,14,15). The van der Waals surface area contributed by atoms with E-state index in [0.717, 1.165) is 0 Å². The number of carbonyl (C=O) groups is 1. The highest BCUT2D eigenvalue weighted by atomic mass is 32.2. The molecule has 0 fully saturated rings. The van der Waals surface area contributed by atoms with Gasteiger partial charge in [0, 0.05) is 0 Å². The predicted molar refractivity (Wildman–Crippen MR) is 65.9 cm³/mol. The summed E-state index contributed by atoms with van der Waals surface area (Å²) in [6, 6.07) is 6.45. The zero-order valence-electron chi connectivity index (χ0n) is 9.96. The molecule has 6 nitrogen and oxygen atoms in total. The van der Waals surface area contributed by atoms with Crippen LogP contribution < -0.4 is 9.88 Å². The summed E-state index contributed by atoms with van der Waals surface area (Å²) in [5.41, 5.74) is 0.258. The summed E-state index contributed by atoms with van der Waals surface area (Å²) in [6.45, 7) is 1.84. The Balaban J connectivity index is 2.73. The van der Waals surface area contributed by atoms with Crippen LogP contribution in [-0.2, 0) is 14.8 Å². The van der Waals surface area contributed by atoms with Gasteiger partial charge in [-0.3, -0.25) is 0 Å². The van der Waals surface area contributed by atoms with Crippen molar-refractivity contribution >= 4 is 16.0 Å². The van der Waals surface area contributed by atoms with Crippen molar-refractivity contribution in [3.63, 3.8) is 0 Å². The van der Waals surface area contributed by atoms with Gasteiger partial charge in [0.2, 0.25) is 10.0 Å². The third-order valence-electron chi connectivity index (χ3n) is 2.01. The predicted octanol–water partition coefficient (Wildman–Crippen LogP) is 0.531. The molecule has 0 saturated heterocycles. The van der Waals surface area contributed by atoms with E-state index >= 15 is 0 Å². The second-order valence-electron chi connectivity index (χ2n) is 3.43. The van der Waals surface area contributed by atoms with Gasteiger partial charge >= 0.3 is 5.97 Å². The Morgan fingerprint density at radius 2 is 2.00 bits per heavy atom. The fourth-order valence-corrected chi connectivity index (χ4v) is 1.55. The molecule has 0 heterocycles. The van der Waals surface area contributed by atoms with Crippen LogP contribution in [0.15, 0.2) is 24.3 Å². The third kappa shape index (κ3) is 4.72. The number of para-hydroxylation sites is 1. The lowest BCUT2D eigenvalue weighted by molar-refractivity contribution is 0.0522. The fourth-order valence-electron chi connectivity index (χ4n) is 1.24. The largest absolute Gasteiger partial charge is 0.492 e. The molecule has 7 heteroatoms. The number of rotatable bonds is 6. The topological polar surface area (TPSA) is 95.7 Å². The van der Waals surface area contributed by atoms with Crippen molar-refractivity contribution in [2.75, 3.05) is 19.0 Å². The van der Waals surface area contributed by atoms with Crippen molar-refractivity contribution in [3.05, 3.63) is 29.8 Å². The Hall–Kier alpha value is -1.60. The summed E-state index contributed by atoms with van der Waals surface area (Å²) < 4.78 is 31.6. The van der Waals surface area contributed by atoms with E-state index in [1.54, 1.807) is 31.2 Å². The van der Waals surface area contributed by atoms with E-state index in [2.05, 4.69) is 0 Å². The van der Waals surface area contributed by atoms with Crippen molar-refractivity contribution in [3.8, 4) is 5.75 Å². The lowest BCUT2D eigenvalue weighted by Crippen LogP contribution is -2.21. The summed E-state index contributed by atoms with van der Waals surface area (Å²) in [4.78, 5) is 11.6. The summed E-state index contributed by atoms with van der Waals surface area (Å²) in [7, 11) is -3.58. The molecule has 0 radical (unpaired) electrons. The summed E-state index contributed by atoms with van der Waals surface area (Å²) in [5, 5.41) is 4.85. The van der Waals surface area contributed by atoms with Gasteiger partial charge < -0.3 is 9.47 Å². The van der Waals surface area contributed by atoms with Gasteiger partial charge in [0.1, 0.15) is 17.9 Å². The fraction of sp³-hybridized carbons (Fsp3) is 0.364. The Morgan fingerprint density at radius 1 is 1.33 bits per heavy atom. The molecule has 0 aromatic heterocycles.